The van der Waals surface area contributed by atoms with Gasteiger partial charge in [0.25, 0.3) is 0 Å². The Labute approximate surface area is 163 Å². The second-order valence-electron chi connectivity index (χ2n) is 6.17. The number of rotatable bonds is 6. The predicted molar refractivity (Wildman–Crippen MR) is 107 cm³/mol. The van der Waals surface area contributed by atoms with Crippen molar-refractivity contribution in [1.29, 1.82) is 0 Å². The summed E-state index contributed by atoms with van der Waals surface area (Å²) in [4.78, 5) is 4.08. The lowest BCUT2D eigenvalue weighted by molar-refractivity contribution is 0.581. The van der Waals surface area contributed by atoms with Crippen LogP contribution in [0.2, 0.25) is 0 Å². The van der Waals surface area contributed by atoms with Gasteiger partial charge in [-0.25, -0.2) is 17.8 Å². The average molecular weight is 390 g/mol. The van der Waals surface area contributed by atoms with Crippen LogP contribution in [0.1, 0.15) is 5.56 Å². The molecule has 4 aromatic rings. The molecule has 0 bridgehead atoms. The maximum Gasteiger partial charge on any atom is 0.244 e. The van der Waals surface area contributed by atoms with Crippen LogP contribution in [0.3, 0.4) is 0 Å². The van der Waals surface area contributed by atoms with E-state index in [0.717, 1.165) is 16.8 Å². The highest BCUT2D eigenvalue weighted by molar-refractivity contribution is 7.89. The number of sulfonamides is 1. The fraction of sp³-hybridized carbons (Fsp3) is 0.0476. The smallest absolute Gasteiger partial charge is 0.244 e. The van der Waals surface area contributed by atoms with Crippen LogP contribution in [-0.2, 0) is 16.6 Å². The molecule has 0 saturated carbocycles. The van der Waals surface area contributed by atoms with Crippen molar-refractivity contribution >= 4 is 10.0 Å². The third-order valence-corrected chi connectivity index (χ3v) is 5.66. The molecule has 0 aliphatic heterocycles. The Morgan fingerprint density at radius 3 is 2.18 bits per heavy atom. The van der Waals surface area contributed by atoms with E-state index in [-0.39, 0.29) is 11.4 Å². The Balaban J connectivity index is 1.75. The molecular formula is C21H18N4O2S. The van der Waals surface area contributed by atoms with E-state index >= 15 is 0 Å². The zero-order valence-electron chi connectivity index (χ0n) is 14.9. The molecule has 0 spiro atoms. The molecule has 7 heteroatoms. The second kappa shape index (κ2) is 7.75. The molecule has 0 aliphatic carbocycles. The van der Waals surface area contributed by atoms with Crippen LogP contribution in [-0.4, -0.2) is 23.2 Å². The molecule has 2 aromatic carbocycles. The van der Waals surface area contributed by atoms with E-state index in [0.29, 0.717) is 5.69 Å². The molecule has 0 aliphatic rings. The molecular weight excluding hydrogens is 372 g/mol. The third-order valence-electron chi connectivity index (χ3n) is 4.25. The van der Waals surface area contributed by atoms with Crippen molar-refractivity contribution in [2.75, 3.05) is 0 Å². The van der Waals surface area contributed by atoms with Gasteiger partial charge >= 0.3 is 0 Å². The molecule has 0 amide bonds. The highest BCUT2D eigenvalue weighted by atomic mass is 32.2. The quantitative estimate of drug-likeness (QED) is 0.547. The SMILES string of the molecule is O=S(=O)(NCc1ccncc1)c1cn(-c2ccccc2)nc1-c1ccccc1. The van der Waals surface area contributed by atoms with Gasteiger partial charge in [0, 0.05) is 24.5 Å². The van der Waals surface area contributed by atoms with E-state index in [9.17, 15) is 8.42 Å². The summed E-state index contributed by atoms with van der Waals surface area (Å²) in [5, 5.41) is 4.56. The predicted octanol–water partition coefficient (Wildman–Crippen LogP) is 3.41. The highest BCUT2D eigenvalue weighted by Gasteiger charge is 2.24. The Morgan fingerprint density at radius 1 is 0.857 bits per heavy atom. The fourth-order valence-corrected chi connectivity index (χ4v) is 3.98. The largest absolute Gasteiger partial charge is 0.265 e. The van der Waals surface area contributed by atoms with Crippen molar-refractivity contribution in [1.82, 2.24) is 19.5 Å². The van der Waals surface area contributed by atoms with E-state index in [2.05, 4.69) is 14.8 Å². The first kappa shape index (κ1) is 18.1. The molecule has 2 aromatic heterocycles. The Morgan fingerprint density at radius 2 is 1.50 bits per heavy atom. The van der Waals surface area contributed by atoms with Gasteiger partial charge in [0.2, 0.25) is 10.0 Å². The monoisotopic (exact) mass is 390 g/mol. The maximum atomic E-state index is 13.1. The van der Waals surface area contributed by atoms with Crippen molar-refractivity contribution in [3.8, 4) is 16.9 Å². The average Bonchev–Trinajstić information content (AvgIpc) is 3.21. The number of hydrogen-bond acceptors (Lipinski definition) is 4. The molecule has 6 nitrogen and oxygen atoms in total. The molecule has 28 heavy (non-hydrogen) atoms. The number of aromatic nitrogens is 3. The van der Waals surface area contributed by atoms with Gasteiger partial charge in [-0.3, -0.25) is 4.98 Å². The van der Waals surface area contributed by atoms with E-state index in [1.165, 1.54) is 0 Å². The standard InChI is InChI=1S/C21H18N4O2S/c26-28(27,23-15-17-11-13-22-14-12-17)20-16-25(19-9-5-2-6-10-19)24-21(20)18-7-3-1-4-8-18/h1-14,16,23H,15H2. The minimum atomic E-state index is -3.78. The van der Waals surface area contributed by atoms with Crippen LogP contribution in [0.15, 0.2) is 96.3 Å². The molecule has 1 N–H and O–H groups in total. The lowest BCUT2D eigenvalue weighted by atomic mass is 10.2. The number of nitrogens with zero attached hydrogens (tertiary/aromatic N) is 3. The van der Waals surface area contributed by atoms with E-state index in [1.807, 2.05) is 60.7 Å². The zero-order chi connectivity index (χ0) is 19.4. The van der Waals surface area contributed by atoms with Gasteiger partial charge in [-0.2, -0.15) is 5.10 Å². The molecule has 2 heterocycles. The van der Waals surface area contributed by atoms with Crippen LogP contribution in [0, 0.1) is 0 Å². The van der Waals surface area contributed by atoms with E-state index in [4.69, 9.17) is 0 Å². The molecule has 0 radical (unpaired) electrons. The molecule has 0 atom stereocenters. The second-order valence-corrected chi connectivity index (χ2v) is 7.90. The van der Waals surface area contributed by atoms with Crippen molar-refractivity contribution < 1.29 is 8.42 Å². The van der Waals surface area contributed by atoms with Crippen molar-refractivity contribution in [2.45, 2.75) is 11.4 Å². The van der Waals surface area contributed by atoms with E-state index in [1.54, 1.807) is 35.4 Å². The molecule has 0 unspecified atom stereocenters. The first-order valence-electron chi connectivity index (χ1n) is 8.72. The minimum absolute atomic E-state index is 0.136. The first-order chi connectivity index (χ1) is 13.6. The summed E-state index contributed by atoms with van der Waals surface area (Å²) < 4.78 is 30.4. The highest BCUT2D eigenvalue weighted by Crippen LogP contribution is 2.27. The summed E-state index contributed by atoms with van der Waals surface area (Å²) in [6.45, 7) is 0.176. The van der Waals surface area contributed by atoms with Gasteiger partial charge in [-0.15, -0.1) is 0 Å². The molecule has 0 fully saturated rings. The normalized spacial score (nSPS) is 11.4. The van der Waals surface area contributed by atoms with Gasteiger partial charge in [-0.1, -0.05) is 48.5 Å². The summed E-state index contributed by atoms with van der Waals surface area (Å²) in [7, 11) is -3.78. The summed E-state index contributed by atoms with van der Waals surface area (Å²) in [6, 6.07) is 22.3. The Bertz CT molecular complexity index is 1160. The van der Waals surface area contributed by atoms with Crippen LogP contribution in [0.5, 0.6) is 0 Å². The van der Waals surface area contributed by atoms with Crippen molar-refractivity contribution in [3.05, 3.63) is 97.0 Å². The number of para-hydroxylation sites is 1. The third kappa shape index (κ3) is 3.85. The van der Waals surface area contributed by atoms with Crippen LogP contribution < -0.4 is 4.72 Å². The maximum absolute atomic E-state index is 13.1. The first-order valence-corrected chi connectivity index (χ1v) is 10.2. The number of benzene rings is 2. The fourth-order valence-electron chi connectivity index (χ4n) is 2.82. The minimum Gasteiger partial charge on any atom is -0.265 e. The number of nitrogens with one attached hydrogen (secondary N) is 1. The van der Waals surface area contributed by atoms with Crippen LogP contribution in [0.4, 0.5) is 0 Å². The molecule has 0 saturated heterocycles. The van der Waals surface area contributed by atoms with Crippen molar-refractivity contribution in [3.63, 3.8) is 0 Å². The number of hydrogen-bond donors (Lipinski definition) is 1. The van der Waals surface area contributed by atoms with Gasteiger partial charge in [0.15, 0.2) is 0 Å². The van der Waals surface area contributed by atoms with Gasteiger partial charge < -0.3 is 0 Å². The lowest BCUT2D eigenvalue weighted by Gasteiger charge is -2.07. The van der Waals surface area contributed by atoms with Crippen LogP contribution >= 0.6 is 0 Å². The summed E-state index contributed by atoms with van der Waals surface area (Å²) in [6.07, 6.45) is 4.81. The Kier molecular flexibility index (Phi) is 5.01. The lowest BCUT2D eigenvalue weighted by Crippen LogP contribution is -2.23. The topological polar surface area (TPSA) is 76.9 Å². The summed E-state index contributed by atoms with van der Waals surface area (Å²) >= 11 is 0. The summed E-state index contributed by atoms with van der Waals surface area (Å²) in [5.41, 5.74) is 2.76. The van der Waals surface area contributed by atoms with Gasteiger partial charge in [0.05, 0.1) is 11.9 Å². The summed E-state index contributed by atoms with van der Waals surface area (Å²) in [5.74, 6) is 0. The molecule has 4 rings (SSSR count). The molecule has 140 valence electrons. The number of pyridine rings is 1. The Hall–Kier alpha value is -3.29. The van der Waals surface area contributed by atoms with E-state index < -0.39 is 10.0 Å². The van der Waals surface area contributed by atoms with Crippen molar-refractivity contribution in [2.24, 2.45) is 0 Å². The van der Waals surface area contributed by atoms with Crippen LogP contribution in [0.25, 0.3) is 16.9 Å². The van der Waals surface area contributed by atoms with Gasteiger partial charge in [0.1, 0.15) is 10.6 Å². The van der Waals surface area contributed by atoms with Gasteiger partial charge in [-0.05, 0) is 29.8 Å². The zero-order valence-corrected chi connectivity index (χ0v) is 15.8.